The van der Waals surface area contributed by atoms with E-state index in [1.54, 1.807) is 17.7 Å². The number of nitrogens with zero attached hydrogens (tertiary/aromatic N) is 4. The van der Waals surface area contributed by atoms with Crippen LogP contribution in [0.1, 0.15) is 28.5 Å². The lowest BCUT2D eigenvalue weighted by molar-refractivity contribution is 0.357. The van der Waals surface area contributed by atoms with Crippen LogP contribution in [0.15, 0.2) is 42.0 Å². The summed E-state index contributed by atoms with van der Waals surface area (Å²) in [5.74, 6) is 1.10. The van der Waals surface area contributed by atoms with E-state index in [9.17, 15) is 0 Å². The molecule has 5 nitrogen and oxygen atoms in total. The van der Waals surface area contributed by atoms with Crippen molar-refractivity contribution >= 4 is 11.3 Å². The molecule has 6 heteroatoms. The van der Waals surface area contributed by atoms with Crippen LogP contribution < -0.4 is 5.32 Å². The molecule has 1 N–H and O–H groups in total. The molecular formula is C17H19N5S. The van der Waals surface area contributed by atoms with E-state index in [0.717, 1.165) is 43.9 Å². The van der Waals surface area contributed by atoms with Crippen molar-refractivity contribution in [3.05, 3.63) is 64.1 Å². The Hall–Kier alpha value is -2.05. The first kappa shape index (κ1) is 14.5. The van der Waals surface area contributed by atoms with Crippen LogP contribution in [0, 0.1) is 0 Å². The van der Waals surface area contributed by atoms with Gasteiger partial charge in [-0.1, -0.05) is 30.3 Å². The highest BCUT2D eigenvalue weighted by Crippen LogP contribution is 2.16. The molecule has 3 heterocycles. The maximum Gasteiger partial charge on any atom is 0.138 e. The molecule has 23 heavy (non-hydrogen) atoms. The second-order valence-electron chi connectivity index (χ2n) is 5.87. The van der Waals surface area contributed by atoms with Crippen LogP contribution in [0.2, 0.25) is 0 Å². The molecule has 1 atom stereocenters. The van der Waals surface area contributed by atoms with Crippen molar-refractivity contribution in [3.63, 3.8) is 0 Å². The summed E-state index contributed by atoms with van der Waals surface area (Å²) in [7, 11) is 0. The first-order chi connectivity index (χ1) is 11.4. The average molecular weight is 325 g/mol. The summed E-state index contributed by atoms with van der Waals surface area (Å²) in [4.78, 5) is 9.01. The standard InChI is InChI=1S/C17H19N5S/c1-2-4-13(5-3-1)8-17-21-15(11-23-17)9-18-14-6-7-16-19-12-20-22(16)10-14/h1-5,11-12,14,18H,6-10H2/t14-/m1/s1. The lowest BCUT2D eigenvalue weighted by atomic mass is 10.1. The Morgan fingerprint density at radius 1 is 1.26 bits per heavy atom. The van der Waals surface area contributed by atoms with E-state index >= 15 is 0 Å². The summed E-state index contributed by atoms with van der Waals surface area (Å²) in [6.45, 7) is 1.72. The summed E-state index contributed by atoms with van der Waals surface area (Å²) in [5, 5.41) is 11.2. The molecule has 0 saturated heterocycles. The lowest BCUT2D eigenvalue weighted by Gasteiger charge is -2.23. The molecule has 0 saturated carbocycles. The van der Waals surface area contributed by atoms with Gasteiger partial charge in [-0.05, 0) is 12.0 Å². The molecule has 3 aromatic rings. The molecular weight excluding hydrogens is 306 g/mol. The Labute approximate surface area is 139 Å². The number of thiazole rings is 1. The van der Waals surface area contributed by atoms with Gasteiger partial charge in [0.05, 0.1) is 17.2 Å². The highest BCUT2D eigenvalue weighted by molar-refractivity contribution is 7.09. The first-order valence-electron chi connectivity index (χ1n) is 7.94. The monoisotopic (exact) mass is 325 g/mol. The zero-order chi connectivity index (χ0) is 15.5. The van der Waals surface area contributed by atoms with Crippen molar-refractivity contribution in [2.24, 2.45) is 0 Å². The second kappa shape index (κ2) is 6.60. The number of hydrogen-bond donors (Lipinski definition) is 1. The minimum Gasteiger partial charge on any atom is -0.306 e. The van der Waals surface area contributed by atoms with Gasteiger partial charge in [0.25, 0.3) is 0 Å². The summed E-state index contributed by atoms with van der Waals surface area (Å²) >= 11 is 1.74. The molecule has 1 aromatic carbocycles. The topological polar surface area (TPSA) is 55.6 Å². The molecule has 0 amide bonds. The van der Waals surface area contributed by atoms with Crippen LogP contribution in [-0.4, -0.2) is 25.8 Å². The zero-order valence-electron chi connectivity index (χ0n) is 12.9. The van der Waals surface area contributed by atoms with Crippen LogP contribution >= 0.6 is 11.3 Å². The summed E-state index contributed by atoms with van der Waals surface area (Å²) < 4.78 is 2.00. The highest BCUT2D eigenvalue weighted by atomic mass is 32.1. The summed E-state index contributed by atoms with van der Waals surface area (Å²) in [6, 6.07) is 10.9. The molecule has 0 bridgehead atoms. The van der Waals surface area contributed by atoms with E-state index in [1.165, 1.54) is 10.6 Å². The third-order valence-corrected chi connectivity index (χ3v) is 5.07. The van der Waals surface area contributed by atoms with E-state index in [4.69, 9.17) is 4.98 Å². The van der Waals surface area contributed by atoms with Gasteiger partial charge in [-0.25, -0.2) is 14.6 Å². The van der Waals surface area contributed by atoms with Crippen molar-refractivity contribution in [2.45, 2.75) is 38.4 Å². The number of rotatable bonds is 5. The molecule has 0 aliphatic carbocycles. The summed E-state index contributed by atoms with van der Waals surface area (Å²) in [5.41, 5.74) is 2.44. The molecule has 0 radical (unpaired) electrons. The van der Waals surface area contributed by atoms with Crippen molar-refractivity contribution < 1.29 is 0 Å². The number of aryl methyl sites for hydroxylation is 1. The van der Waals surface area contributed by atoms with Gasteiger partial charge in [0.1, 0.15) is 12.2 Å². The Morgan fingerprint density at radius 3 is 3.09 bits per heavy atom. The van der Waals surface area contributed by atoms with E-state index < -0.39 is 0 Å². The van der Waals surface area contributed by atoms with Gasteiger partial charge in [-0.3, -0.25) is 0 Å². The smallest absolute Gasteiger partial charge is 0.138 e. The second-order valence-corrected chi connectivity index (χ2v) is 6.81. The van der Waals surface area contributed by atoms with Gasteiger partial charge in [0.2, 0.25) is 0 Å². The Morgan fingerprint density at radius 2 is 2.17 bits per heavy atom. The predicted molar refractivity (Wildman–Crippen MR) is 90.3 cm³/mol. The van der Waals surface area contributed by atoms with Gasteiger partial charge in [-0.2, -0.15) is 5.10 Å². The van der Waals surface area contributed by atoms with Gasteiger partial charge < -0.3 is 5.32 Å². The molecule has 0 unspecified atom stereocenters. The third kappa shape index (κ3) is 3.48. The third-order valence-electron chi connectivity index (χ3n) is 4.17. The molecule has 1 aliphatic rings. The Kier molecular flexibility index (Phi) is 4.17. The van der Waals surface area contributed by atoms with Gasteiger partial charge in [0, 0.05) is 30.8 Å². The number of benzene rings is 1. The summed E-state index contributed by atoms with van der Waals surface area (Å²) in [6.07, 6.45) is 4.67. The fourth-order valence-electron chi connectivity index (χ4n) is 2.93. The van der Waals surface area contributed by atoms with Gasteiger partial charge in [0.15, 0.2) is 0 Å². The van der Waals surface area contributed by atoms with Crippen LogP contribution in [0.3, 0.4) is 0 Å². The maximum atomic E-state index is 4.75. The Balaban J connectivity index is 1.32. The molecule has 4 rings (SSSR count). The molecule has 1 aliphatic heterocycles. The molecule has 118 valence electrons. The van der Waals surface area contributed by atoms with E-state index in [1.807, 2.05) is 10.7 Å². The molecule has 0 spiro atoms. The van der Waals surface area contributed by atoms with E-state index in [2.05, 4.69) is 45.0 Å². The SMILES string of the molecule is c1ccc(Cc2nc(CN[C@@H]3CCc4ncnn4C3)cs2)cc1. The number of fused-ring (bicyclic) bond motifs is 1. The van der Waals surface area contributed by atoms with Crippen LogP contribution in [0.25, 0.3) is 0 Å². The zero-order valence-corrected chi connectivity index (χ0v) is 13.7. The maximum absolute atomic E-state index is 4.75. The van der Waals surface area contributed by atoms with Crippen molar-refractivity contribution in [1.29, 1.82) is 0 Å². The number of aromatic nitrogens is 4. The fourth-order valence-corrected chi connectivity index (χ4v) is 3.76. The normalized spacial score (nSPS) is 17.1. The van der Waals surface area contributed by atoms with Gasteiger partial charge >= 0.3 is 0 Å². The number of hydrogen-bond acceptors (Lipinski definition) is 5. The fraction of sp³-hybridized carbons (Fsp3) is 0.353. The van der Waals surface area contributed by atoms with Crippen LogP contribution in [-0.2, 0) is 25.9 Å². The minimum absolute atomic E-state index is 0.448. The lowest BCUT2D eigenvalue weighted by Crippen LogP contribution is -2.37. The Bertz CT molecular complexity index is 764. The van der Waals surface area contributed by atoms with E-state index in [-0.39, 0.29) is 0 Å². The van der Waals surface area contributed by atoms with Crippen LogP contribution in [0.5, 0.6) is 0 Å². The minimum atomic E-state index is 0.448. The number of nitrogens with one attached hydrogen (secondary N) is 1. The predicted octanol–water partition coefficient (Wildman–Crippen LogP) is 2.43. The highest BCUT2D eigenvalue weighted by Gasteiger charge is 2.19. The van der Waals surface area contributed by atoms with Crippen LogP contribution in [0.4, 0.5) is 0 Å². The van der Waals surface area contributed by atoms with E-state index in [0.29, 0.717) is 6.04 Å². The van der Waals surface area contributed by atoms with Crippen molar-refractivity contribution in [3.8, 4) is 0 Å². The van der Waals surface area contributed by atoms with Crippen molar-refractivity contribution in [2.75, 3.05) is 0 Å². The molecule has 0 fully saturated rings. The quantitative estimate of drug-likeness (QED) is 0.783. The van der Waals surface area contributed by atoms with Crippen molar-refractivity contribution in [1.82, 2.24) is 25.1 Å². The average Bonchev–Trinajstić information content (AvgIpc) is 3.22. The largest absolute Gasteiger partial charge is 0.306 e. The van der Waals surface area contributed by atoms with Gasteiger partial charge in [-0.15, -0.1) is 11.3 Å². The first-order valence-corrected chi connectivity index (χ1v) is 8.82. The molecule has 2 aromatic heterocycles.